The first-order chi connectivity index (χ1) is 8.70. The zero-order valence-electron chi connectivity index (χ0n) is 10.2. The molecule has 0 heterocycles. The molecule has 0 aliphatic rings. The average Bonchev–Trinajstić information content (AvgIpc) is 2.33. The molecule has 0 N–H and O–H groups in total. The summed E-state index contributed by atoms with van der Waals surface area (Å²) < 4.78 is 0. The third kappa shape index (κ3) is 10.5. The van der Waals surface area contributed by atoms with E-state index in [4.69, 9.17) is 11.1 Å². The third-order valence-electron chi connectivity index (χ3n) is 2.34. The molecule has 0 aliphatic heterocycles. The van der Waals surface area contributed by atoms with Gasteiger partial charge in [-0.3, -0.25) is 9.59 Å². The highest BCUT2D eigenvalue weighted by Gasteiger charge is 1.99. The molecule has 8 nitrogen and oxygen atoms in total. The molecule has 0 radical (unpaired) electrons. The number of unbranched alkanes of at least 4 members (excludes halogenated alkanes) is 5. The molecule has 0 fully saturated rings. The van der Waals surface area contributed by atoms with E-state index in [1.165, 1.54) is 0 Å². The van der Waals surface area contributed by atoms with E-state index < -0.39 is 11.8 Å². The van der Waals surface area contributed by atoms with E-state index in [1.54, 1.807) is 0 Å². The van der Waals surface area contributed by atoms with E-state index in [9.17, 15) is 9.59 Å². The Balaban J connectivity index is 3.31. The highest BCUT2D eigenvalue weighted by Crippen LogP contribution is 2.09. The highest BCUT2D eigenvalue weighted by molar-refractivity contribution is 5.76. The lowest BCUT2D eigenvalue weighted by molar-refractivity contribution is -0.118. The van der Waals surface area contributed by atoms with Gasteiger partial charge in [0.25, 0.3) is 0 Å². The lowest BCUT2D eigenvalue weighted by Crippen LogP contribution is -1.92. The molecule has 0 spiro atoms. The predicted molar refractivity (Wildman–Crippen MR) is 65.2 cm³/mol. The number of hydrogen-bond donors (Lipinski definition) is 0. The van der Waals surface area contributed by atoms with E-state index in [2.05, 4.69) is 20.1 Å². The molecule has 0 bridgehead atoms. The van der Waals surface area contributed by atoms with Crippen LogP contribution in [-0.2, 0) is 9.59 Å². The second-order valence-electron chi connectivity index (χ2n) is 3.79. The summed E-state index contributed by atoms with van der Waals surface area (Å²) in [5, 5.41) is 5.95. The Hall–Kier alpha value is -2.04. The molecular weight excluding hydrogens is 236 g/mol. The minimum absolute atomic E-state index is 0.291. The number of carbonyl (C=O) groups is 2. The van der Waals surface area contributed by atoms with Crippen LogP contribution in [0.5, 0.6) is 0 Å². The monoisotopic (exact) mass is 252 g/mol. The molecule has 0 aromatic rings. The number of nitrogens with zero attached hydrogens (tertiary/aromatic N) is 6. The molecule has 8 heteroatoms. The molecule has 0 aromatic carbocycles. The van der Waals surface area contributed by atoms with Gasteiger partial charge in [-0.05, 0) is 34.1 Å². The average molecular weight is 252 g/mol. The molecule has 0 aromatic heterocycles. The van der Waals surface area contributed by atoms with E-state index >= 15 is 0 Å². The van der Waals surface area contributed by atoms with Gasteiger partial charge in [0.15, 0.2) is 0 Å². The van der Waals surface area contributed by atoms with Crippen LogP contribution in [0.2, 0.25) is 0 Å². The minimum Gasteiger partial charge on any atom is -0.293 e. The predicted octanol–water partition coefficient (Wildman–Crippen LogP) is 3.78. The van der Waals surface area contributed by atoms with Crippen LogP contribution in [0.3, 0.4) is 0 Å². The molecule has 0 atom stereocenters. The lowest BCUT2D eigenvalue weighted by atomic mass is 10.1. The number of rotatable bonds is 9. The smallest absolute Gasteiger partial charge is 0.218 e. The van der Waals surface area contributed by atoms with Gasteiger partial charge >= 0.3 is 0 Å². The SMILES string of the molecule is [N-]=[N+]=NC(=O)CCCCCCCCC(=O)N=[N+]=[N-]. The van der Waals surface area contributed by atoms with Crippen LogP contribution in [-0.4, -0.2) is 11.8 Å². The van der Waals surface area contributed by atoms with Gasteiger partial charge in [-0.15, -0.1) is 0 Å². The Bertz CT molecular complexity index is 333. The maximum atomic E-state index is 10.8. The van der Waals surface area contributed by atoms with Crippen LogP contribution in [0, 0.1) is 0 Å². The molecule has 2 amide bonds. The van der Waals surface area contributed by atoms with E-state index in [0.717, 1.165) is 38.5 Å². The lowest BCUT2D eigenvalue weighted by Gasteiger charge is -1.99. The Morgan fingerprint density at radius 1 is 0.722 bits per heavy atom. The second kappa shape index (κ2) is 11.4. The number of amides is 2. The molecule has 18 heavy (non-hydrogen) atoms. The molecule has 0 unspecified atom stereocenters. The fourth-order valence-electron chi connectivity index (χ4n) is 1.46. The molecular formula is C10H16N6O2. The normalized spacial score (nSPS) is 9.11. The van der Waals surface area contributed by atoms with Crippen LogP contribution < -0.4 is 0 Å². The van der Waals surface area contributed by atoms with Crippen molar-refractivity contribution < 1.29 is 9.59 Å². The van der Waals surface area contributed by atoms with E-state index in [1.807, 2.05) is 0 Å². The Kier molecular flexibility index (Phi) is 10.1. The van der Waals surface area contributed by atoms with Crippen molar-refractivity contribution >= 4 is 11.8 Å². The van der Waals surface area contributed by atoms with Gasteiger partial charge in [-0.2, -0.15) is 0 Å². The minimum atomic E-state index is -0.419. The summed E-state index contributed by atoms with van der Waals surface area (Å²) >= 11 is 0. The van der Waals surface area contributed by atoms with E-state index in [-0.39, 0.29) is 0 Å². The second-order valence-corrected chi connectivity index (χ2v) is 3.79. The standard InChI is InChI=1S/C10H16N6O2/c11-15-13-9(17)7-5-3-1-2-4-6-8-10(18)14-16-12/h1-8H2. The van der Waals surface area contributed by atoms with Crippen LogP contribution in [0.15, 0.2) is 10.2 Å². The summed E-state index contributed by atoms with van der Waals surface area (Å²) in [5.41, 5.74) is 16.0. The maximum Gasteiger partial charge on any atom is 0.218 e. The molecule has 0 saturated heterocycles. The zero-order chi connectivity index (χ0) is 13.6. The number of hydrogen-bond acceptors (Lipinski definition) is 2. The van der Waals surface area contributed by atoms with Crippen molar-refractivity contribution in [3.8, 4) is 0 Å². The van der Waals surface area contributed by atoms with Gasteiger partial charge < -0.3 is 0 Å². The van der Waals surface area contributed by atoms with Crippen LogP contribution >= 0.6 is 0 Å². The fourth-order valence-corrected chi connectivity index (χ4v) is 1.46. The van der Waals surface area contributed by atoms with Gasteiger partial charge in [0.05, 0.1) is 0 Å². The molecule has 98 valence electrons. The van der Waals surface area contributed by atoms with Gasteiger partial charge in [-0.1, -0.05) is 25.7 Å². The Labute approximate surface area is 105 Å². The molecule has 0 aliphatic carbocycles. The van der Waals surface area contributed by atoms with E-state index in [0.29, 0.717) is 12.8 Å². The summed E-state index contributed by atoms with van der Waals surface area (Å²) in [7, 11) is 0. The summed E-state index contributed by atoms with van der Waals surface area (Å²) in [5.74, 6) is -0.838. The summed E-state index contributed by atoms with van der Waals surface area (Å²) in [6, 6.07) is 0. The largest absolute Gasteiger partial charge is 0.293 e. The van der Waals surface area contributed by atoms with Gasteiger partial charge in [0.2, 0.25) is 11.8 Å². The number of carbonyl (C=O) groups excluding carboxylic acids is 2. The van der Waals surface area contributed by atoms with Crippen LogP contribution in [0.1, 0.15) is 51.4 Å². The summed E-state index contributed by atoms with van der Waals surface area (Å²) in [6.45, 7) is 0. The van der Waals surface area contributed by atoms with Crippen molar-refractivity contribution in [3.63, 3.8) is 0 Å². The van der Waals surface area contributed by atoms with Crippen LogP contribution in [0.25, 0.3) is 20.9 Å². The first-order valence-electron chi connectivity index (χ1n) is 5.86. The van der Waals surface area contributed by atoms with Gasteiger partial charge in [-0.25, -0.2) is 0 Å². The van der Waals surface area contributed by atoms with Crippen molar-refractivity contribution in [2.45, 2.75) is 51.4 Å². The van der Waals surface area contributed by atoms with Crippen molar-refractivity contribution in [1.29, 1.82) is 0 Å². The Morgan fingerprint density at radius 3 is 1.39 bits per heavy atom. The van der Waals surface area contributed by atoms with Gasteiger partial charge in [0, 0.05) is 22.7 Å². The van der Waals surface area contributed by atoms with Crippen molar-refractivity contribution in [2.75, 3.05) is 0 Å². The quantitative estimate of drug-likeness (QED) is 0.267. The fraction of sp³-hybridized carbons (Fsp3) is 0.800. The molecule has 0 saturated carbocycles. The maximum absolute atomic E-state index is 10.8. The van der Waals surface area contributed by atoms with Crippen molar-refractivity contribution in [3.05, 3.63) is 20.9 Å². The van der Waals surface area contributed by atoms with Crippen molar-refractivity contribution in [1.82, 2.24) is 0 Å². The zero-order valence-corrected chi connectivity index (χ0v) is 10.2. The summed E-state index contributed by atoms with van der Waals surface area (Å²) in [4.78, 5) is 26.5. The van der Waals surface area contributed by atoms with Crippen LogP contribution in [0.4, 0.5) is 0 Å². The highest BCUT2D eigenvalue weighted by atomic mass is 16.2. The third-order valence-corrected chi connectivity index (χ3v) is 2.34. The van der Waals surface area contributed by atoms with Crippen molar-refractivity contribution in [2.24, 2.45) is 10.2 Å². The summed E-state index contributed by atoms with van der Waals surface area (Å²) in [6.07, 6.45) is 5.76. The van der Waals surface area contributed by atoms with Gasteiger partial charge in [0.1, 0.15) is 0 Å². The first kappa shape index (κ1) is 16.0. The number of azide groups is 2. The topological polar surface area (TPSA) is 132 Å². The first-order valence-corrected chi connectivity index (χ1v) is 5.86. The molecule has 0 rings (SSSR count). The Morgan fingerprint density at radius 2 is 1.06 bits per heavy atom.